The molecular weight excluding hydrogens is 288 g/mol. The monoisotopic (exact) mass is 308 g/mol. The van der Waals surface area contributed by atoms with Crippen molar-refractivity contribution in [1.29, 1.82) is 0 Å². The number of para-hydroxylation sites is 1. The van der Waals surface area contributed by atoms with Crippen molar-refractivity contribution in [2.45, 2.75) is 13.0 Å². The summed E-state index contributed by atoms with van der Waals surface area (Å²) in [6.07, 6.45) is 1.64. The van der Waals surface area contributed by atoms with E-state index < -0.39 is 0 Å². The molecule has 118 valence electrons. The molecule has 1 unspecified atom stereocenters. The molecule has 1 aromatic carbocycles. The van der Waals surface area contributed by atoms with Gasteiger partial charge >= 0.3 is 0 Å². The molecule has 0 saturated carbocycles. The fourth-order valence-corrected chi connectivity index (χ4v) is 2.61. The zero-order valence-electron chi connectivity index (χ0n) is 13.5. The second kappa shape index (κ2) is 6.12. The lowest BCUT2D eigenvalue weighted by Gasteiger charge is -2.24. The maximum atomic E-state index is 12.7. The average Bonchev–Trinajstić information content (AvgIpc) is 3.04. The minimum absolute atomic E-state index is 0.0324. The van der Waals surface area contributed by atoms with E-state index in [9.17, 15) is 4.79 Å². The van der Waals surface area contributed by atoms with Gasteiger partial charge in [-0.2, -0.15) is 0 Å². The van der Waals surface area contributed by atoms with Gasteiger partial charge in [0.2, 0.25) is 0 Å². The number of rotatable bonds is 4. The van der Waals surface area contributed by atoms with Crippen LogP contribution in [0.2, 0.25) is 0 Å². The number of nitrogens with one attached hydrogen (secondary N) is 2. The topological polar surface area (TPSA) is 61.0 Å². The molecule has 3 rings (SSSR count). The molecule has 5 nitrogen and oxygen atoms in total. The first-order chi connectivity index (χ1) is 11.1. The van der Waals surface area contributed by atoms with E-state index in [0.717, 1.165) is 16.6 Å². The Labute approximate surface area is 135 Å². The van der Waals surface area contributed by atoms with Crippen molar-refractivity contribution in [2.24, 2.45) is 0 Å². The molecule has 0 radical (unpaired) electrons. The first kappa shape index (κ1) is 15.1. The minimum atomic E-state index is -0.0545. The zero-order chi connectivity index (χ0) is 16.4. The number of H-pyrrole nitrogens is 1. The van der Waals surface area contributed by atoms with Gasteiger partial charge in [-0.1, -0.05) is 18.2 Å². The molecule has 2 heterocycles. The number of aromatic amines is 1. The third kappa shape index (κ3) is 2.90. The number of amides is 1. The lowest BCUT2D eigenvalue weighted by Crippen LogP contribution is -2.29. The third-order valence-corrected chi connectivity index (χ3v) is 4.17. The van der Waals surface area contributed by atoms with Gasteiger partial charge in [0.05, 0.1) is 6.04 Å². The molecule has 3 aromatic rings. The van der Waals surface area contributed by atoms with Crippen LogP contribution in [0, 0.1) is 0 Å². The predicted octanol–water partition coefficient (Wildman–Crippen LogP) is 3.44. The molecule has 0 aliphatic heterocycles. The Hall–Kier alpha value is -2.82. The van der Waals surface area contributed by atoms with Crippen LogP contribution in [0.15, 0.2) is 48.7 Å². The highest BCUT2D eigenvalue weighted by atomic mass is 16.2. The van der Waals surface area contributed by atoms with Crippen molar-refractivity contribution >= 4 is 22.6 Å². The first-order valence-corrected chi connectivity index (χ1v) is 7.59. The molecule has 5 heteroatoms. The van der Waals surface area contributed by atoms with Crippen molar-refractivity contribution in [3.8, 4) is 0 Å². The van der Waals surface area contributed by atoms with Crippen LogP contribution in [-0.2, 0) is 0 Å². The molecular formula is C18H20N4O. The van der Waals surface area contributed by atoms with Crippen molar-refractivity contribution in [3.05, 3.63) is 59.9 Å². The van der Waals surface area contributed by atoms with Gasteiger partial charge in [-0.25, -0.2) is 4.98 Å². The average molecular weight is 308 g/mol. The van der Waals surface area contributed by atoms with Gasteiger partial charge in [-0.15, -0.1) is 0 Å². The van der Waals surface area contributed by atoms with Crippen molar-refractivity contribution in [3.63, 3.8) is 0 Å². The fraction of sp³-hybridized carbons (Fsp3) is 0.222. The first-order valence-electron chi connectivity index (χ1n) is 7.59. The second-order valence-electron chi connectivity index (χ2n) is 5.58. The number of aromatic nitrogens is 2. The van der Waals surface area contributed by atoms with E-state index in [0.29, 0.717) is 11.4 Å². The van der Waals surface area contributed by atoms with E-state index in [1.165, 1.54) is 0 Å². The molecule has 0 saturated heterocycles. The fourth-order valence-electron chi connectivity index (χ4n) is 2.61. The molecule has 0 aliphatic carbocycles. The van der Waals surface area contributed by atoms with E-state index in [2.05, 4.69) is 27.4 Å². The van der Waals surface area contributed by atoms with Crippen LogP contribution >= 0.6 is 0 Å². The third-order valence-electron chi connectivity index (χ3n) is 4.17. The highest BCUT2D eigenvalue weighted by molar-refractivity contribution is 5.95. The van der Waals surface area contributed by atoms with Crippen LogP contribution < -0.4 is 5.32 Å². The molecule has 0 spiro atoms. The Bertz CT molecular complexity index is 807. The highest BCUT2D eigenvalue weighted by Crippen LogP contribution is 2.24. The van der Waals surface area contributed by atoms with E-state index in [1.807, 2.05) is 32.2 Å². The summed E-state index contributed by atoms with van der Waals surface area (Å²) < 4.78 is 0. The molecule has 0 bridgehead atoms. The predicted molar refractivity (Wildman–Crippen MR) is 92.6 cm³/mol. The number of pyridine rings is 1. The van der Waals surface area contributed by atoms with Gasteiger partial charge in [0.25, 0.3) is 5.91 Å². The number of anilines is 1. The molecule has 23 heavy (non-hydrogen) atoms. The summed E-state index contributed by atoms with van der Waals surface area (Å²) in [5.41, 5.74) is 2.72. The Morgan fingerprint density at radius 1 is 1.26 bits per heavy atom. The lowest BCUT2D eigenvalue weighted by molar-refractivity contribution is 0.0740. The number of carbonyl (C=O) groups is 1. The van der Waals surface area contributed by atoms with Gasteiger partial charge < -0.3 is 15.2 Å². The number of hydrogen-bond donors (Lipinski definition) is 2. The molecule has 0 fully saturated rings. The standard InChI is InChI=1S/C18H20N4O/c1-12(16-10-13-6-4-5-7-15(13)21-16)22(3)18(23)14-8-9-20-17(11-14)19-2/h4-12,21H,1-3H3,(H,19,20). The summed E-state index contributed by atoms with van der Waals surface area (Å²) in [7, 11) is 3.60. The molecule has 0 aliphatic rings. The van der Waals surface area contributed by atoms with Gasteiger partial charge in [-0.05, 0) is 36.6 Å². The van der Waals surface area contributed by atoms with Crippen molar-refractivity contribution in [2.75, 3.05) is 19.4 Å². The normalized spacial score (nSPS) is 12.1. The van der Waals surface area contributed by atoms with Crippen LogP contribution in [0.3, 0.4) is 0 Å². The Morgan fingerprint density at radius 2 is 2.04 bits per heavy atom. The summed E-state index contributed by atoms with van der Waals surface area (Å²) in [6, 6.07) is 13.6. The highest BCUT2D eigenvalue weighted by Gasteiger charge is 2.20. The van der Waals surface area contributed by atoms with Gasteiger partial charge in [0, 0.05) is 37.1 Å². The van der Waals surface area contributed by atoms with E-state index in [-0.39, 0.29) is 11.9 Å². The molecule has 1 amide bonds. The van der Waals surface area contributed by atoms with Gasteiger partial charge in [0.15, 0.2) is 0 Å². The number of benzene rings is 1. The largest absolute Gasteiger partial charge is 0.373 e. The number of nitrogens with zero attached hydrogens (tertiary/aromatic N) is 2. The summed E-state index contributed by atoms with van der Waals surface area (Å²) in [6.45, 7) is 2.02. The Kier molecular flexibility index (Phi) is 4.02. The number of hydrogen-bond acceptors (Lipinski definition) is 3. The summed E-state index contributed by atoms with van der Waals surface area (Å²) in [5.74, 6) is 0.651. The number of fused-ring (bicyclic) bond motifs is 1. The summed E-state index contributed by atoms with van der Waals surface area (Å²) in [5, 5.41) is 4.10. The van der Waals surface area contributed by atoms with Crippen LogP contribution in [0.4, 0.5) is 5.82 Å². The van der Waals surface area contributed by atoms with E-state index in [1.54, 1.807) is 30.3 Å². The lowest BCUT2D eigenvalue weighted by atomic mass is 10.1. The van der Waals surface area contributed by atoms with Gasteiger partial charge in [-0.3, -0.25) is 4.79 Å². The molecule has 1 atom stereocenters. The zero-order valence-corrected chi connectivity index (χ0v) is 13.5. The van der Waals surface area contributed by atoms with Gasteiger partial charge in [0.1, 0.15) is 5.82 Å². The van der Waals surface area contributed by atoms with Crippen LogP contribution in [0.5, 0.6) is 0 Å². The summed E-state index contributed by atoms with van der Waals surface area (Å²) in [4.78, 5) is 22.0. The SMILES string of the molecule is CNc1cc(C(=O)N(C)C(C)c2cc3ccccc3[nH]2)ccn1. The van der Waals surface area contributed by atoms with Crippen LogP contribution in [0.25, 0.3) is 10.9 Å². The second-order valence-corrected chi connectivity index (χ2v) is 5.58. The maximum absolute atomic E-state index is 12.7. The van der Waals surface area contributed by atoms with Crippen LogP contribution in [0.1, 0.15) is 29.0 Å². The molecule has 2 N–H and O–H groups in total. The maximum Gasteiger partial charge on any atom is 0.254 e. The Morgan fingerprint density at radius 3 is 2.78 bits per heavy atom. The minimum Gasteiger partial charge on any atom is -0.373 e. The quantitative estimate of drug-likeness (QED) is 0.776. The van der Waals surface area contributed by atoms with Crippen molar-refractivity contribution < 1.29 is 4.79 Å². The van der Waals surface area contributed by atoms with E-state index >= 15 is 0 Å². The smallest absolute Gasteiger partial charge is 0.254 e. The number of carbonyl (C=O) groups excluding carboxylic acids is 1. The van der Waals surface area contributed by atoms with Crippen molar-refractivity contribution in [1.82, 2.24) is 14.9 Å². The summed E-state index contributed by atoms with van der Waals surface area (Å²) >= 11 is 0. The van der Waals surface area contributed by atoms with Crippen LogP contribution in [-0.4, -0.2) is 34.9 Å². The Balaban J connectivity index is 1.85. The molecule has 2 aromatic heterocycles. The van der Waals surface area contributed by atoms with E-state index in [4.69, 9.17) is 0 Å².